The number of aliphatic hydroxyl groups is 1. The maximum atomic E-state index is 12.9. The van der Waals surface area contributed by atoms with E-state index in [4.69, 9.17) is 11.6 Å². The Balaban J connectivity index is 2.27. The van der Waals surface area contributed by atoms with Gasteiger partial charge in [-0.15, -0.1) is 0 Å². The summed E-state index contributed by atoms with van der Waals surface area (Å²) in [6.45, 7) is 4.52. The van der Waals surface area contributed by atoms with Crippen molar-refractivity contribution in [1.82, 2.24) is 9.78 Å². The minimum absolute atomic E-state index is 0.121. The summed E-state index contributed by atoms with van der Waals surface area (Å²) in [7, 11) is 0. The summed E-state index contributed by atoms with van der Waals surface area (Å²) in [5, 5.41) is 14.4. The van der Waals surface area contributed by atoms with Crippen molar-refractivity contribution in [2.24, 2.45) is 5.92 Å². The number of benzene rings is 1. The topological polar surface area (TPSA) is 38.0 Å². The monoisotopic (exact) mass is 296 g/mol. The van der Waals surface area contributed by atoms with Crippen LogP contribution in [-0.2, 0) is 19.6 Å². The lowest BCUT2D eigenvalue weighted by Crippen LogP contribution is -2.03. The summed E-state index contributed by atoms with van der Waals surface area (Å²) in [5.41, 5.74) is 2.42. The first-order valence-corrected chi connectivity index (χ1v) is 6.98. The number of hydrogen-bond donors (Lipinski definition) is 1. The van der Waals surface area contributed by atoms with Crippen molar-refractivity contribution in [1.29, 1.82) is 0 Å². The Hall–Kier alpha value is -1.39. The maximum absolute atomic E-state index is 12.9. The van der Waals surface area contributed by atoms with E-state index >= 15 is 0 Å². The van der Waals surface area contributed by atoms with Crippen LogP contribution in [0, 0.1) is 11.7 Å². The third kappa shape index (κ3) is 3.38. The third-order valence-corrected chi connectivity index (χ3v) is 3.49. The smallest absolute Gasteiger partial charge is 0.133 e. The van der Waals surface area contributed by atoms with E-state index in [-0.39, 0.29) is 12.4 Å². The van der Waals surface area contributed by atoms with E-state index in [2.05, 4.69) is 18.9 Å². The van der Waals surface area contributed by atoms with Gasteiger partial charge in [-0.25, -0.2) is 9.07 Å². The highest BCUT2D eigenvalue weighted by atomic mass is 35.5. The zero-order valence-electron chi connectivity index (χ0n) is 11.6. The van der Waals surface area contributed by atoms with Crippen LogP contribution >= 0.6 is 11.6 Å². The zero-order valence-corrected chi connectivity index (χ0v) is 12.4. The Bertz CT molecular complexity index is 578. The normalized spacial score (nSPS) is 11.3. The highest BCUT2D eigenvalue weighted by Crippen LogP contribution is 2.23. The van der Waals surface area contributed by atoms with Crippen LogP contribution < -0.4 is 0 Å². The third-order valence-electron chi connectivity index (χ3n) is 3.07. The Kier molecular flexibility index (Phi) is 4.78. The average Bonchev–Trinajstić information content (AvgIpc) is 2.67. The Morgan fingerprint density at radius 1 is 1.30 bits per heavy atom. The van der Waals surface area contributed by atoms with Crippen molar-refractivity contribution < 1.29 is 9.50 Å². The molecule has 1 aromatic heterocycles. The van der Waals surface area contributed by atoms with Crippen LogP contribution in [-0.4, -0.2) is 14.9 Å². The summed E-state index contributed by atoms with van der Waals surface area (Å²) in [6.07, 6.45) is 0.770. The fourth-order valence-corrected chi connectivity index (χ4v) is 2.37. The van der Waals surface area contributed by atoms with Gasteiger partial charge in [-0.2, -0.15) is 5.10 Å². The van der Waals surface area contributed by atoms with E-state index in [0.717, 1.165) is 17.7 Å². The van der Waals surface area contributed by atoms with E-state index < -0.39 is 0 Å². The molecule has 0 aliphatic rings. The Morgan fingerprint density at radius 3 is 2.50 bits per heavy atom. The molecule has 0 spiro atoms. The van der Waals surface area contributed by atoms with Gasteiger partial charge in [0.25, 0.3) is 0 Å². The SMILES string of the molecule is CC(C)Cc1nn(Cc2ccc(F)cc2)c(Cl)c1CO. The van der Waals surface area contributed by atoms with Gasteiger partial charge in [0.1, 0.15) is 11.0 Å². The van der Waals surface area contributed by atoms with Crippen molar-refractivity contribution in [3.63, 3.8) is 0 Å². The minimum atomic E-state index is -0.267. The van der Waals surface area contributed by atoms with Crippen molar-refractivity contribution in [3.05, 3.63) is 52.1 Å². The first kappa shape index (κ1) is 15.0. The number of halogens is 2. The molecule has 0 atom stereocenters. The van der Waals surface area contributed by atoms with Gasteiger partial charge in [0.05, 0.1) is 18.8 Å². The lowest BCUT2D eigenvalue weighted by atomic mass is 10.1. The van der Waals surface area contributed by atoms with Crippen LogP contribution in [0.2, 0.25) is 5.15 Å². The predicted octanol–water partition coefficient (Wildman–Crippen LogP) is 3.41. The molecule has 2 aromatic rings. The minimum Gasteiger partial charge on any atom is -0.391 e. The highest BCUT2D eigenvalue weighted by molar-refractivity contribution is 6.30. The molecule has 5 heteroatoms. The van der Waals surface area contributed by atoms with E-state index in [1.54, 1.807) is 16.8 Å². The molecule has 1 heterocycles. The average molecular weight is 297 g/mol. The number of aromatic nitrogens is 2. The number of rotatable bonds is 5. The standard InChI is InChI=1S/C15H18ClFN2O/c1-10(2)7-14-13(9-20)15(16)19(18-14)8-11-3-5-12(17)6-4-11/h3-6,10,20H,7-9H2,1-2H3. The van der Waals surface area contributed by atoms with E-state index in [9.17, 15) is 9.50 Å². The predicted molar refractivity (Wildman–Crippen MR) is 77.2 cm³/mol. The van der Waals surface area contributed by atoms with Gasteiger partial charge in [0, 0.05) is 5.56 Å². The molecule has 0 fully saturated rings. The number of aliphatic hydroxyl groups excluding tert-OH is 1. The van der Waals surface area contributed by atoms with E-state index in [0.29, 0.717) is 23.2 Å². The molecule has 20 heavy (non-hydrogen) atoms. The second-order valence-corrected chi connectivity index (χ2v) is 5.61. The highest BCUT2D eigenvalue weighted by Gasteiger charge is 2.16. The van der Waals surface area contributed by atoms with Crippen LogP contribution in [0.4, 0.5) is 4.39 Å². The molecule has 2 rings (SSSR count). The van der Waals surface area contributed by atoms with Crippen molar-refractivity contribution in [2.75, 3.05) is 0 Å². The molecular weight excluding hydrogens is 279 g/mol. The zero-order chi connectivity index (χ0) is 14.7. The first-order valence-electron chi connectivity index (χ1n) is 6.60. The summed E-state index contributed by atoms with van der Waals surface area (Å²) in [6, 6.07) is 6.23. The molecule has 0 bridgehead atoms. The fourth-order valence-electron chi connectivity index (χ4n) is 2.10. The summed E-state index contributed by atoms with van der Waals surface area (Å²) < 4.78 is 14.5. The van der Waals surface area contributed by atoms with Crippen LogP contribution in [0.15, 0.2) is 24.3 Å². The molecular formula is C15H18ClFN2O. The van der Waals surface area contributed by atoms with Crippen LogP contribution in [0.3, 0.4) is 0 Å². The van der Waals surface area contributed by atoms with Gasteiger partial charge in [0.2, 0.25) is 0 Å². The molecule has 0 aliphatic heterocycles. The molecule has 108 valence electrons. The van der Waals surface area contributed by atoms with Crippen molar-refractivity contribution in [3.8, 4) is 0 Å². The maximum Gasteiger partial charge on any atom is 0.133 e. The summed E-state index contributed by atoms with van der Waals surface area (Å²) in [4.78, 5) is 0. The summed E-state index contributed by atoms with van der Waals surface area (Å²) in [5.74, 6) is 0.169. The van der Waals surface area contributed by atoms with Gasteiger partial charge in [-0.05, 0) is 30.0 Å². The summed E-state index contributed by atoms with van der Waals surface area (Å²) >= 11 is 6.26. The van der Waals surface area contributed by atoms with Crippen LogP contribution in [0.5, 0.6) is 0 Å². The van der Waals surface area contributed by atoms with Crippen molar-refractivity contribution >= 4 is 11.6 Å². The lowest BCUT2D eigenvalue weighted by Gasteiger charge is -2.03. The molecule has 0 saturated heterocycles. The van der Waals surface area contributed by atoms with Gasteiger partial charge in [0.15, 0.2) is 0 Å². The molecule has 0 amide bonds. The van der Waals surface area contributed by atoms with Crippen LogP contribution in [0.1, 0.15) is 30.7 Å². The number of nitrogens with zero attached hydrogens (tertiary/aromatic N) is 2. The molecule has 0 unspecified atom stereocenters. The quantitative estimate of drug-likeness (QED) is 0.918. The van der Waals surface area contributed by atoms with Gasteiger partial charge in [-0.1, -0.05) is 37.6 Å². The molecule has 0 radical (unpaired) electrons. The van der Waals surface area contributed by atoms with E-state index in [1.807, 2.05) is 0 Å². The molecule has 1 N–H and O–H groups in total. The Labute approximate surface area is 123 Å². The second-order valence-electron chi connectivity index (χ2n) is 5.26. The second kappa shape index (κ2) is 6.37. The van der Waals surface area contributed by atoms with Crippen LogP contribution in [0.25, 0.3) is 0 Å². The lowest BCUT2D eigenvalue weighted by molar-refractivity contribution is 0.280. The van der Waals surface area contributed by atoms with E-state index in [1.165, 1.54) is 12.1 Å². The van der Waals surface area contributed by atoms with Gasteiger partial charge >= 0.3 is 0 Å². The first-order chi connectivity index (χ1) is 9.51. The molecule has 0 aliphatic carbocycles. The number of hydrogen-bond acceptors (Lipinski definition) is 2. The Morgan fingerprint density at radius 2 is 1.95 bits per heavy atom. The fraction of sp³-hybridized carbons (Fsp3) is 0.400. The molecule has 0 saturated carbocycles. The molecule has 3 nitrogen and oxygen atoms in total. The van der Waals surface area contributed by atoms with Gasteiger partial charge < -0.3 is 5.11 Å². The molecule has 1 aromatic carbocycles. The largest absolute Gasteiger partial charge is 0.391 e. The van der Waals surface area contributed by atoms with Gasteiger partial charge in [-0.3, -0.25) is 0 Å². The van der Waals surface area contributed by atoms with Crippen molar-refractivity contribution in [2.45, 2.75) is 33.4 Å².